The number of hydrogen-bond donors (Lipinski definition) is 2. The van der Waals surface area contributed by atoms with Gasteiger partial charge in [0.1, 0.15) is 5.54 Å². The number of nitriles is 1. The second-order valence-corrected chi connectivity index (χ2v) is 4.26. The van der Waals surface area contributed by atoms with E-state index < -0.39 is 0 Å². The van der Waals surface area contributed by atoms with Gasteiger partial charge >= 0.3 is 0 Å². The number of thiophene rings is 1. The zero-order valence-electron chi connectivity index (χ0n) is 7.21. The third-order valence-corrected chi connectivity index (χ3v) is 3.13. The molecule has 2 N–H and O–H groups in total. The standard InChI is InChI=1S/C9H11N3S/c10-5-9(6-11-7-9)12-4-8-2-1-3-13-8/h1-3,11-12H,4,6-7H2. The molecule has 1 fully saturated rings. The van der Waals surface area contributed by atoms with Crippen LogP contribution in [0.5, 0.6) is 0 Å². The minimum atomic E-state index is -0.315. The van der Waals surface area contributed by atoms with Crippen molar-refractivity contribution in [1.29, 1.82) is 5.26 Å². The minimum absolute atomic E-state index is 0.315. The molecule has 68 valence electrons. The fourth-order valence-electron chi connectivity index (χ4n) is 1.29. The maximum absolute atomic E-state index is 8.92. The van der Waals surface area contributed by atoms with E-state index >= 15 is 0 Å². The SMILES string of the molecule is N#CC1(NCc2cccs2)CNC1. The Bertz CT molecular complexity index is 308. The van der Waals surface area contributed by atoms with Gasteiger partial charge in [0.25, 0.3) is 0 Å². The van der Waals surface area contributed by atoms with Crippen LogP contribution in [0.2, 0.25) is 0 Å². The third-order valence-electron chi connectivity index (χ3n) is 2.25. The van der Waals surface area contributed by atoms with Crippen molar-refractivity contribution < 1.29 is 0 Å². The predicted octanol–water partition coefficient (Wildman–Crippen LogP) is 0.703. The number of nitrogens with zero attached hydrogens (tertiary/aromatic N) is 1. The molecule has 0 atom stereocenters. The van der Waals surface area contributed by atoms with E-state index in [1.165, 1.54) is 4.88 Å². The highest BCUT2D eigenvalue weighted by Gasteiger charge is 2.36. The van der Waals surface area contributed by atoms with Gasteiger partial charge in [-0.1, -0.05) is 6.07 Å². The Morgan fingerprint density at radius 2 is 2.54 bits per heavy atom. The fourth-order valence-corrected chi connectivity index (χ4v) is 1.93. The number of rotatable bonds is 3. The normalized spacial score (nSPS) is 19.0. The van der Waals surface area contributed by atoms with Gasteiger partial charge in [-0.05, 0) is 11.4 Å². The van der Waals surface area contributed by atoms with Gasteiger partial charge in [0.05, 0.1) is 6.07 Å². The van der Waals surface area contributed by atoms with Gasteiger partial charge in [0, 0.05) is 24.5 Å². The van der Waals surface area contributed by atoms with Crippen LogP contribution in [0.3, 0.4) is 0 Å². The van der Waals surface area contributed by atoms with Crippen molar-refractivity contribution in [2.24, 2.45) is 0 Å². The quantitative estimate of drug-likeness (QED) is 0.743. The molecule has 1 saturated heterocycles. The highest BCUT2D eigenvalue weighted by molar-refractivity contribution is 7.09. The molecule has 0 spiro atoms. The van der Waals surface area contributed by atoms with Crippen LogP contribution in [0.25, 0.3) is 0 Å². The van der Waals surface area contributed by atoms with E-state index in [1.807, 2.05) is 6.07 Å². The van der Waals surface area contributed by atoms with Crippen molar-refractivity contribution in [2.75, 3.05) is 13.1 Å². The molecule has 0 saturated carbocycles. The molecule has 13 heavy (non-hydrogen) atoms. The van der Waals surface area contributed by atoms with E-state index in [4.69, 9.17) is 5.26 Å². The molecule has 1 aliphatic heterocycles. The van der Waals surface area contributed by atoms with Gasteiger partial charge in [-0.2, -0.15) is 5.26 Å². The molecular weight excluding hydrogens is 182 g/mol. The Balaban J connectivity index is 1.89. The first kappa shape index (κ1) is 8.70. The van der Waals surface area contributed by atoms with E-state index in [-0.39, 0.29) is 5.54 Å². The van der Waals surface area contributed by atoms with E-state index in [1.54, 1.807) is 11.3 Å². The van der Waals surface area contributed by atoms with Crippen LogP contribution in [0.15, 0.2) is 17.5 Å². The molecule has 0 unspecified atom stereocenters. The van der Waals surface area contributed by atoms with E-state index in [0.717, 1.165) is 19.6 Å². The summed E-state index contributed by atoms with van der Waals surface area (Å²) in [6.45, 7) is 2.32. The Morgan fingerprint density at radius 3 is 3.00 bits per heavy atom. The second kappa shape index (κ2) is 3.46. The first-order valence-corrected chi connectivity index (χ1v) is 5.12. The summed E-state index contributed by atoms with van der Waals surface area (Å²) in [6.07, 6.45) is 0. The van der Waals surface area contributed by atoms with Gasteiger partial charge < -0.3 is 5.32 Å². The lowest BCUT2D eigenvalue weighted by Crippen LogP contribution is -2.66. The lowest BCUT2D eigenvalue weighted by Gasteiger charge is -2.36. The molecule has 0 radical (unpaired) electrons. The largest absolute Gasteiger partial charge is 0.311 e. The van der Waals surface area contributed by atoms with Crippen molar-refractivity contribution in [2.45, 2.75) is 12.1 Å². The molecular formula is C9H11N3S. The summed E-state index contributed by atoms with van der Waals surface area (Å²) in [5.74, 6) is 0. The first-order chi connectivity index (χ1) is 6.35. The monoisotopic (exact) mass is 193 g/mol. The molecule has 2 rings (SSSR count). The molecule has 0 aromatic carbocycles. The van der Waals surface area contributed by atoms with Gasteiger partial charge in [-0.3, -0.25) is 5.32 Å². The number of nitrogens with one attached hydrogen (secondary N) is 2. The zero-order chi connectivity index (χ0) is 9.15. The van der Waals surface area contributed by atoms with Crippen LogP contribution < -0.4 is 10.6 Å². The Morgan fingerprint density at radius 1 is 1.69 bits per heavy atom. The lowest BCUT2D eigenvalue weighted by molar-refractivity contribution is 0.283. The Labute approximate surface area is 81.4 Å². The molecule has 0 amide bonds. The molecule has 4 heteroatoms. The van der Waals surface area contributed by atoms with Gasteiger partial charge in [-0.25, -0.2) is 0 Å². The molecule has 1 aromatic heterocycles. The van der Waals surface area contributed by atoms with E-state index in [0.29, 0.717) is 0 Å². The summed E-state index contributed by atoms with van der Waals surface area (Å²) in [5, 5.41) is 17.3. The second-order valence-electron chi connectivity index (χ2n) is 3.23. The van der Waals surface area contributed by atoms with Gasteiger partial charge in [0.15, 0.2) is 0 Å². The third kappa shape index (κ3) is 1.73. The maximum atomic E-state index is 8.92. The smallest absolute Gasteiger partial charge is 0.132 e. The van der Waals surface area contributed by atoms with Crippen LogP contribution >= 0.6 is 11.3 Å². The van der Waals surface area contributed by atoms with Crippen molar-refractivity contribution in [1.82, 2.24) is 10.6 Å². The van der Waals surface area contributed by atoms with Gasteiger partial charge in [0.2, 0.25) is 0 Å². The summed E-state index contributed by atoms with van der Waals surface area (Å²) in [6, 6.07) is 6.41. The fraction of sp³-hybridized carbons (Fsp3) is 0.444. The molecule has 3 nitrogen and oxygen atoms in total. The van der Waals surface area contributed by atoms with Crippen LogP contribution in [-0.4, -0.2) is 18.6 Å². The highest BCUT2D eigenvalue weighted by Crippen LogP contribution is 2.13. The maximum Gasteiger partial charge on any atom is 0.132 e. The van der Waals surface area contributed by atoms with E-state index in [9.17, 15) is 0 Å². The van der Waals surface area contributed by atoms with Gasteiger partial charge in [-0.15, -0.1) is 11.3 Å². The Kier molecular flexibility index (Phi) is 2.32. The lowest BCUT2D eigenvalue weighted by atomic mass is 9.94. The van der Waals surface area contributed by atoms with Crippen LogP contribution in [0, 0.1) is 11.3 Å². The van der Waals surface area contributed by atoms with Crippen molar-refractivity contribution >= 4 is 11.3 Å². The first-order valence-electron chi connectivity index (χ1n) is 4.24. The van der Waals surface area contributed by atoms with E-state index in [2.05, 4.69) is 28.1 Å². The number of hydrogen-bond acceptors (Lipinski definition) is 4. The minimum Gasteiger partial charge on any atom is -0.311 e. The summed E-state index contributed by atoms with van der Waals surface area (Å²) in [7, 11) is 0. The van der Waals surface area contributed by atoms with Crippen LogP contribution in [-0.2, 0) is 6.54 Å². The average Bonchev–Trinajstić information content (AvgIpc) is 2.56. The highest BCUT2D eigenvalue weighted by atomic mass is 32.1. The molecule has 2 heterocycles. The summed E-state index contributed by atoms with van der Waals surface area (Å²) >= 11 is 1.72. The zero-order valence-corrected chi connectivity index (χ0v) is 8.03. The van der Waals surface area contributed by atoms with Crippen molar-refractivity contribution in [3.63, 3.8) is 0 Å². The molecule has 0 bridgehead atoms. The predicted molar refractivity (Wildman–Crippen MR) is 52.4 cm³/mol. The summed E-state index contributed by atoms with van der Waals surface area (Å²) in [4.78, 5) is 1.28. The van der Waals surface area contributed by atoms with Crippen molar-refractivity contribution in [3.05, 3.63) is 22.4 Å². The molecule has 1 aromatic rings. The summed E-state index contributed by atoms with van der Waals surface area (Å²) < 4.78 is 0. The van der Waals surface area contributed by atoms with Crippen LogP contribution in [0.1, 0.15) is 4.88 Å². The summed E-state index contributed by atoms with van der Waals surface area (Å²) in [5.41, 5.74) is -0.315. The topological polar surface area (TPSA) is 47.9 Å². The van der Waals surface area contributed by atoms with Crippen LogP contribution in [0.4, 0.5) is 0 Å². The average molecular weight is 193 g/mol. The molecule has 0 aliphatic carbocycles. The Hall–Kier alpha value is -0.890. The molecule has 1 aliphatic rings. The van der Waals surface area contributed by atoms with Crippen molar-refractivity contribution in [3.8, 4) is 6.07 Å².